The molecule has 0 aromatic heterocycles. The number of methoxy groups -OCH3 is 1. The third kappa shape index (κ3) is 6.63. The second-order valence-corrected chi connectivity index (χ2v) is 8.10. The maximum Gasteiger partial charge on any atom is 0.339 e. The fourth-order valence-electron chi connectivity index (χ4n) is 3.61. The second-order valence-electron chi connectivity index (χ2n) is 8.10. The van der Waals surface area contributed by atoms with E-state index in [0.717, 1.165) is 16.7 Å². The van der Waals surface area contributed by atoms with E-state index in [0.29, 0.717) is 5.56 Å². The number of esters is 2. The fourth-order valence-corrected chi connectivity index (χ4v) is 3.61. The van der Waals surface area contributed by atoms with Gasteiger partial charge >= 0.3 is 11.9 Å². The van der Waals surface area contributed by atoms with Gasteiger partial charge in [0, 0.05) is 17.5 Å². The lowest BCUT2D eigenvalue weighted by Gasteiger charge is -2.17. The Morgan fingerprint density at radius 2 is 1.49 bits per heavy atom. The van der Waals surface area contributed by atoms with Crippen molar-refractivity contribution in [3.05, 3.63) is 106 Å². The van der Waals surface area contributed by atoms with Gasteiger partial charge in [0.2, 0.25) is 0 Å². The van der Waals surface area contributed by atoms with Crippen LogP contribution in [0.25, 0.3) is 0 Å². The van der Waals surface area contributed by atoms with E-state index >= 15 is 0 Å². The van der Waals surface area contributed by atoms with Gasteiger partial charge in [-0.05, 0) is 37.1 Å². The molecule has 3 aromatic rings. The van der Waals surface area contributed by atoms with E-state index in [2.05, 4.69) is 5.32 Å². The minimum Gasteiger partial charge on any atom is -0.467 e. The molecule has 0 radical (unpaired) electrons. The zero-order valence-electron chi connectivity index (χ0n) is 19.9. The van der Waals surface area contributed by atoms with Crippen LogP contribution in [-0.4, -0.2) is 43.4 Å². The standard InChI is InChI=1S/C28H27NO6/c1-18-13-14-19(2)23(15-18)26(31)21-11-7-8-12-22(21)27(32)35-17-25(30)29-24(28(33)34-3)16-20-9-5-4-6-10-20/h4-15,24H,16-17H2,1-3H3,(H,29,30). The first-order valence-electron chi connectivity index (χ1n) is 11.1. The highest BCUT2D eigenvalue weighted by Gasteiger charge is 2.24. The molecule has 1 N–H and O–H groups in total. The molecule has 0 saturated carbocycles. The van der Waals surface area contributed by atoms with E-state index in [1.807, 2.05) is 56.3 Å². The third-order valence-corrected chi connectivity index (χ3v) is 5.47. The van der Waals surface area contributed by atoms with Gasteiger partial charge in [-0.25, -0.2) is 9.59 Å². The number of benzene rings is 3. The first-order chi connectivity index (χ1) is 16.8. The van der Waals surface area contributed by atoms with E-state index in [9.17, 15) is 19.2 Å². The molecule has 1 amide bonds. The summed E-state index contributed by atoms with van der Waals surface area (Å²) in [7, 11) is 1.23. The number of hydrogen-bond donors (Lipinski definition) is 1. The number of carbonyl (C=O) groups is 4. The van der Waals surface area contributed by atoms with E-state index in [1.165, 1.54) is 13.2 Å². The van der Waals surface area contributed by atoms with Crippen molar-refractivity contribution in [1.82, 2.24) is 5.32 Å². The smallest absolute Gasteiger partial charge is 0.339 e. The van der Waals surface area contributed by atoms with Crippen LogP contribution in [-0.2, 0) is 25.5 Å². The molecule has 35 heavy (non-hydrogen) atoms. The second kappa shape index (κ2) is 11.7. The van der Waals surface area contributed by atoms with Crippen LogP contribution in [0.2, 0.25) is 0 Å². The van der Waals surface area contributed by atoms with Crippen molar-refractivity contribution in [2.75, 3.05) is 13.7 Å². The number of aryl methyl sites for hydroxylation is 2. The van der Waals surface area contributed by atoms with Crippen LogP contribution in [0.1, 0.15) is 43.0 Å². The number of amides is 1. The van der Waals surface area contributed by atoms with Crippen molar-refractivity contribution in [2.24, 2.45) is 0 Å². The van der Waals surface area contributed by atoms with Crippen molar-refractivity contribution in [2.45, 2.75) is 26.3 Å². The van der Waals surface area contributed by atoms with Gasteiger partial charge in [-0.3, -0.25) is 9.59 Å². The molecule has 180 valence electrons. The van der Waals surface area contributed by atoms with Gasteiger partial charge in [-0.1, -0.05) is 66.2 Å². The largest absolute Gasteiger partial charge is 0.467 e. The predicted molar refractivity (Wildman–Crippen MR) is 130 cm³/mol. The summed E-state index contributed by atoms with van der Waals surface area (Å²) in [4.78, 5) is 50.5. The Morgan fingerprint density at radius 3 is 2.17 bits per heavy atom. The molecular formula is C28H27NO6. The molecular weight excluding hydrogens is 446 g/mol. The SMILES string of the molecule is COC(=O)C(Cc1ccccc1)NC(=O)COC(=O)c1ccccc1C(=O)c1cc(C)ccc1C. The Balaban J connectivity index is 1.69. The maximum absolute atomic E-state index is 13.2. The molecule has 1 atom stereocenters. The minimum atomic E-state index is -0.938. The molecule has 0 aliphatic carbocycles. The summed E-state index contributed by atoms with van der Waals surface area (Å²) in [5.74, 6) is -2.40. The quantitative estimate of drug-likeness (QED) is 0.377. The molecule has 0 bridgehead atoms. The number of hydrogen-bond acceptors (Lipinski definition) is 6. The van der Waals surface area contributed by atoms with Crippen LogP contribution in [0.3, 0.4) is 0 Å². The van der Waals surface area contributed by atoms with Crippen LogP contribution >= 0.6 is 0 Å². The number of ether oxygens (including phenoxy) is 2. The van der Waals surface area contributed by atoms with Crippen molar-refractivity contribution in [3.8, 4) is 0 Å². The van der Waals surface area contributed by atoms with Gasteiger partial charge in [0.25, 0.3) is 5.91 Å². The summed E-state index contributed by atoms with van der Waals surface area (Å²) in [5.41, 5.74) is 3.27. The van der Waals surface area contributed by atoms with Crippen molar-refractivity contribution >= 4 is 23.6 Å². The first kappa shape index (κ1) is 25.4. The molecule has 0 fully saturated rings. The summed E-state index contributed by atoms with van der Waals surface area (Å²) < 4.78 is 9.96. The lowest BCUT2D eigenvalue weighted by atomic mass is 9.94. The molecule has 1 unspecified atom stereocenters. The summed E-state index contributed by atoms with van der Waals surface area (Å²) in [6.45, 7) is 3.09. The van der Waals surface area contributed by atoms with Crippen molar-refractivity contribution < 1.29 is 28.7 Å². The highest BCUT2D eigenvalue weighted by molar-refractivity contribution is 6.15. The van der Waals surface area contributed by atoms with Crippen LogP contribution in [0.4, 0.5) is 0 Å². The lowest BCUT2D eigenvalue weighted by Crippen LogP contribution is -2.44. The van der Waals surface area contributed by atoms with Crippen LogP contribution in [0.5, 0.6) is 0 Å². The third-order valence-electron chi connectivity index (χ3n) is 5.47. The van der Waals surface area contributed by atoms with E-state index in [1.54, 1.807) is 24.3 Å². The number of nitrogens with one attached hydrogen (secondary N) is 1. The Labute approximate surface area is 204 Å². The summed E-state index contributed by atoms with van der Waals surface area (Å²) >= 11 is 0. The molecule has 0 heterocycles. The van der Waals surface area contributed by atoms with Gasteiger partial charge in [0.15, 0.2) is 12.4 Å². The topological polar surface area (TPSA) is 98.8 Å². The molecule has 0 saturated heterocycles. The zero-order valence-corrected chi connectivity index (χ0v) is 19.9. The van der Waals surface area contributed by atoms with Crippen LogP contribution in [0.15, 0.2) is 72.8 Å². The van der Waals surface area contributed by atoms with E-state index < -0.39 is 30.5 Å². The average Bonchev–Trinajstić information content (AvgIpc) is 2.88. The van der Waals surface area contributed by atoms with Gasteiger partial charge in [0.05, 0.1) is 12.7 Å². The highest BCUT2D eigenvalue weighted by atomic mass is 16.5. The maximum atomic E-state index is 13.2. The monoisotopic (exact) mass is 473 g/mol. The molecule has 0 aliphatic heterocycles. The molecule has 3 rings (SSSR count). The Morgan fingerprint density at radius 1 is 0.829 bits per heavy atom. The summed E-state index contributed by atoms with van der Waals surface area (Å²) in [5, 5.41) is 2.54. The highest BCUT2D eigenvalue weighted by Crippen LogP contribution is 2.19. The van der Waals surface area contributed by atoms with Gasteiger partial charge in [0.1, 0.15) is 6.04 Å². The van der Waals surface area contributed by atoms with Crippen molar-refractivity contribution in [3.63, 3.8) is 0 Å². The average molecular weight is 474 g/mol. The summed E-state index contributed by atoms with van der Waals surface area (Å²) in [6, 6.07) is 20.0. The van der Waals surface area contributed by atoms with Crippen molar-refractivity contribution in [1.29, 1.82) is 0 Å². The Hall–Kier alpha value is -4.26. The van der Waals surface area contributed by atoms with Gasteiger partial charge in [-0.15, -0.1) is 0 Å². The Kier molecular flexibility index (Phi) is 8.51. The lowest BCUT2D eigenvalue weighted by molar-refractivity contribution is -0.145. The molecule has 0 spiro atoms. The fraction of sp³-hybridized carbons (Fsp3) is 0.214. The van der Waals surface area contributed by atoms with Crippen LogP contribution in [0, 0.1) is 13.8 Å². The summed E-state index contributed by atoms with van der Waals surface area (Å²) in [6.07, 6.45) is 0.223. The normalized spacial score (nSPS) is 11.3. The first-order valence-corrected chi connectivity index (χ1v) is 11.1. The molecule has 3 aromatic carbocycles. The zero-order chi connectivity index (χ0) is 25.4. The molecule has 7 heteroatoms. The van der Waals surface area contributed by atoms with Gasteiger partial charge in [-0.2, -0.15) is 0 Å². The van der Waals surface area contributed by atoms with Crippen LogP contribution < -0.4 is 5.32 Å². The molecule has 7 nitrogen and oxygen atoms in total. The number of carbonyl (C=O) groups excluding carboxylic acids is 4. The Bertz CT molecular complexity index is 1240. The molecule has 0 aliphatic rings. The number of ketones is 1. The van der Waals surface area contributed by atoms with Gasteiger partial charge < -0.3 is 14.8 Å². The number of rotatable bonds is 9. The predicted octanol–water partition coefficient (Wildman–Crippen LogP) is 3.59. The van der Waals surface area contributed by atoms with E-state index in [-0.39, 0.29) is 23.3 Å². The van der Waals surface area contributed by atoms with E-state index in [4.69, 9.17) is 9.47 Å². The minimum absolute atomic E-state index is 0.0556.